The van der Waals surface area contributed by atoms with Crippen LogP contribution >= 0.6 is 0 Å². The van der Waals surface area contributed by atoms with Crippen molar-refractivity contribution < 1.29 is 28.6 Å². The van der Waals surface area contributed by atoms with Crippen LogP contribution in [0.3, 0.4) is 0 Å². The lowest BCUT2D eigenvalue weighted by Gasteiger charge is -2.18. The summed E-state index contributed by atoms with van der Waals surface area (Å²) >= 11 is 0. The molecule has 0 aliphatic heterocycles. The van der Waals surface area contributed by atoms with Gasteiger partial charge in [-0.25, -0.2) is 0 Å². The van der Waals surface area contributed by atoms with Crippen LogP contribution in [0.5, 0.6) is 0 Å². The highest BCUT2D eigenvalue weighted by molar-refractivity contribution is 5.72. The van der Waals surface area contributed by atoms with E-state index in [1.165, 1.54) is 96.3 Å². The molecule has 0 saturated carbocycles. The molecule has 0 fully saturated rings. The molecule has 0 aliphatic carbocycles. The maximum absolute atomic E-state index is 12.7. The maximum Gasteiger partial charge on any atom is 0.309 e. The van der Waals surface area contributed by atoms with Gasteiger partial charge in [0, 0.05) is 12.8 Å². The molecule has 0 aromatic rings. The van der Waals surface area contributed by atoms with Gasteiger partial charge < -0.3 is 14.2 Å². The van der Waals surface area contributed by atoms with Crippen LogP contribution < -0.4 is 0 Å². The average molecular weight is 809 g/mol. The molecule has 0 heterocycles. The molecule has 1 atom stereocenters. The quantitative estimate of drug-likeness (QED) is 0.0201. The lowest BCUT2D eigenvalue weighted by molar-refractivity contribution is -0.166. The summed E-state index contributed by atoms with van der Waals surface area (Å²) in [7, 11) is 0. The van der Waals surface area contributed by atoms with Gasteiger partial charge in [0.1, 0.15) is 13.2 Å². The predicted molar refractivity (Wildman–Crippen MR) is 247 cm³/mol. The van der Waals surface area contributed by atoms with Gasteiger partial charge in [-0.1, -0.05) is 190 Å². The van der Waals surface area contributed by atoms with Crippen LogP contribution in [0.2, 0.25) is 0 Å². The Morgan fingerprint density at radius 3 is 1.33 bits per heavy atom. The van der Waals surface area contributed by atoms with Gasteiger partial charge in [-0.05, 0) is 83.5 Å². The molecule has 0 spiro atoms. The highest BCUT2D eigenvalue weighted by atomic mass is 16.6. The number of carbonyl (C=O) groups is 3. The van der Waals surface area contributed by atoms with Gasteiger partial charge in [0.05, 0.1) is 6.42 Å². The number of hydrogen-bond donors (Lipinski definition) is 0. The van der Waals surface area contributed by atoms with Crippen LogP contribution in [-0.2, 0) is 28.6 Å². The van der Waals surface area contributed by atoms with Crippen LogP contribution in [0.1, 0.15) is 220 Å². The van der Waals surface area contributed by atoms with Crippen LogP contribution in [-0.4, -0.2) is 37.2 Å². The molecular formula is C52H88O6. The first kappa shape index (κ1) is 54.9. The van der Waals surface area contributed by atoms with Crippen molar-refractivity contribution in [3.05, 3.63) is 72.9 Å². The van der Waals surface area contributed by atoms with Crippen molar-refractivity contribution in [1.29, 1.82) is 0 Å². The van der Waals surface area contributed by atoms with E-state index in [0.717, 1.165) is 83.5 Å². The number of carbonyl (C=O) groups excluding carboxylic acids is 3. The third kappa shape index (κ3) is 44.0. The second-order valence-electron chi connectivity index (χ2n) is 15.7. The van der Waals surface area contributed by atoms with E-state index in [-0.39, 0.29) is 31.6 Å². The average Bonchev–Trinajstić information content (AvgIpc) is 3.22. The standard InChI is InChI=1S/C52H88O6/c1-4-7-10-13-16-19-21-23-25-27-28-30-33-36-39-42-45-51(54)57-48-49(47-56-50(53)44-41-38-35-32-18-15-12-9-6-3)58-52(55)46-43-40-37-34-31-29-26-24-22-20-17-14-11-8-5-2/h9,12,17-18,20,22,24-25,27,32,38,41,49H,4-8,10-11,13-16,19,21,23,26,28-31,33-37,39-40,42-48H2,1-3H3/b12-9-,20-17-,24-22-,27-25-,32-18-,41-38-. The third-order valence-electron chi connectivity index (χ3n) is 9.98. The van der Waals surface area contributed by atoms with E-state index in [1.54, 1.807) is 6.08 Å². The van der Waals surface area contributed by atoms with E-state index in [2.05, 4.69) is 81.5 Å². The van der Waals surface area contributed by atoms with Crippen LogP contribution in [0.25, 0.3) is 0 Å². The SMILES string of the molecule is CC/C=C\C/C=C\C/C=C\CC(=O)OCC(COC(=O)CCCCCCC/C=C\CCCCCCCCC)OC(=O)CCCCCCCC/C=C\C=C/CCCCC. The zero-order valence-corrected chi connectivity index (χ0v) is 37.8. The zero-order chi connectivity index (χ0) is 42.3. The highest BCUT2D eigenvalue weighted by Crippen LogP contribution is 2.13. The minimum Gasteiger partial charge on any atom is -0.462 e. The Labute approximate surface area is 357 Å². The van der Waals surface area contributed by atoms with Crippen molar-refractivity contribution in [2.75, 3.05) is 13.2 Å². The third-order valence-corrected chi connectivity index (χ3v) is 9.98. The summed E-state index contributed by atoms with van der Waals surface area (Å²) < 4.78 is 16.6. The van der Waals surface area contributed by atoms with E-state index in [1.807, 2.05) is 6.08 Å². The first-order valence-corrected chi connectivity index (χ1v) is 24.0. The molecule has 0 saturated heterocycles. The lowest BCUT2D eigenvalue weighted by atomic mass is 10.1. The van der Waals surface area contributed by atoms with Crippen LogP contribution in [0.15, 0.2) is 72.9 Å². The normalized spacial score (nSPS) is 12.7. The Kier molecular flexibility index (Phi) is 44.0. The van der Waals surface area contributed by atoms with Gasteiger partial charge in [-0.3, -0.25) is 14.4 Å². The first-order valence-electron chi connectivity index (χ1n) is 24.0. The molecule has 0 bridgehead atoms. The van der Waals surface area contributed by atoms with Crippen molar-refractivity contribution in [3.63, 3.8) is 0 Å². The second kappa shape index (κ2) is 46.5. The number of ether oxygens (including phenoxy) is 3. The molecule has 0 amide bonds. The summed E-state index contributed by atoms with van der Waals surface area (Å²) in [5, 5.41) is 0. The summed E-state index contributed by atoms with van der Waals surface area (Å²) in [6.07, 6.45) is 57.7. The van der Waals surface area contributed by atoms with Gasteiger partial charge in [0.2, 0.25) is 0 Å². The monoisotopic (exact) mass is 809 g/mol. The van der Waals surface area contributed by atoms with E-state index < -0.39 is 12.1 Å². The van der Waals surface area contributed by atoms with Crippen LogP contribution in [0, 0.1) is 0 Å². The molecule has 0 rings (SSSR count). The molecule has 1 unspecified atom stereocenters. The first-order chi connectivity index (χ1) is 28.5. The van der Waals surface area contributed by atoms with E-state index in [0.29, 0.717) is 12.8 Å². The molecule has 0 aromatic heterocycles. The fourth-order valence-corrected chi connectivity index (χ4v) is 6.37. The minimum absolute atomic E-state index is 0.112. The second-order valence-corrected chi connectivity index (χ2v) is 15.7. The number of rotatable bonds is 42. The highest BCUT2D eigenvalue weighted by Gasteiger charge is 2.19. The molecule has 0 aliphatic rings. The molecule has 6 nitrogen and oxygen atoms in total. The summed E-state index contributed by atoms with van der Waals surface area (Å²) in [5.41, 5.74) is 0. The Hall–Kier alpha value is -3.15. The fourth-order valence-electron chi connectivity index (χ4n) is 6.37. The number of esters is 3. The largest absolute Gasteiger partial charge is 0.462 e. The van der Waals surface area contributed by atoms with Crippen molar-refractivity contribution in [3.8, 4) is 0 Å². The van der Waals surface area contributed by atoms with Gasteiger partial charge >= 0.3 is 17.9 Å². The molecule has 0 aromatic carbocycles. The summed E-state index contributed by atoms with van der Waals surface area (Å²) in [6.45, 7) is 6.36. The zero-order valence-electron chi connectivity index (χ0n) is 37.8. The van der Waals surface area contributed by atoms with Crippen molar-refractivity contribution in [2.24, 2.45) is 0 Å². The number of hydrogen-bond acceptors (Lipinski definition) is 6. The molecule has 0 N–H and O–H groups in total. The van der Waals surface area contributed by atoms with Crippen molar-refractivity contribution >= 4 is 17.9 Å². The van der Waals surface area contributed by atoms with E-state index >= 15 is 0 Å². The molecule has 58 heavy (non-hydrogen) atoms. The summed E-state index contributed by atoms with van der Waals surface area (Å²) in [5.74, 6) is -1.06. The molecule has 0 radical (unpaired) electrons. The summed E-state index contributed by atoms with van der Waals surface area (Å²) in [6, 6.07) is 0. The summed E-state index contributed by atoms with van der Waals surface area (Å²) in [4.78, 5) is 37.7. The van der Waals surface area contributed by atoms with Crippen molar-refractivity contribution in [2.45, 2.75) is 226 Å². The fraction of sp³-hybridized carbons (Fsp3) is 0.712. The smallest absolute Gasteiger partial charge is 0.309 e. The topological polar surface area (TPSA) is 78.9 Å². The Morgan fingerprint density at radius 1 is 0.397 bits per heavy atom. The van der Waals surface area contributed by atoms with E-state index in [4.69, 9.17) is 14.2 Å². The van der Waals surface area contributed by atoms with Crippen molar-refractivity contribution in [1.82, 2.24) is 0 Å². The molecule has 6 heteroatoms. The Morgan fingerprint density at radius 2 is 0.793 bits per heavy atom. The lowest BCUT2D eigenvalue weighted by Crippen LogP contribution is -2.30. The van der Waals surface area contributed by atoms with Crippen LogP contribution in [0.4, 0.5) is 0 Å². The van der Waals surface area contributed by atoms with E-state index in [9.17, 15) is 14.4 Å². The predicted octanol–water partition coefficient (Wildman–Crippen LogP) is 15.5. The Bertz CT molecular complexity index is 1110. The van der Waals surface area contributed by atoms with Gasteiger partial charge in [0.15, 0.2) is 6.10 Å². The van der Waals surface area contributed by atoms with Gasteiger partial charge in [0.25, 0.3) is 0 Å². The maximum atomic E-state index is 12.7. The Balaban J connectivity index is 4.43. The van der Waals surface area contributed by atoms with Gasteiger partial charge in [-0.2, -0.15) is 0 Å². The molecular weight excluding hydrogens is 721 g/mol. The number of unbranched alkanes of at least 4 members (excludes halogenated alkanes) is 21. The molecule has 332 valence electrons. The van der Waals surface area contributed by atoms with Gasteiger partial charge in [-0.15, -0.1) is 0 Å². The number of allylic oxidation sites excluding steroid dienone is 11. The minimum atomic E-state index is -0.818.